The Morgan fingerprint density at radius 1 is 1.64 bits per heavy atom. The molecule has 11 heavy (non-hydrogen) atoms. The lowest BCUT2D eigenvalue weighted by Crippen LogP contribution is -2.44. The first-order valence-corrected chi connectivity index (χ1v) is 3.79. The van der Waals surface area contributed by atoms with Gasteiger partial charge in [-0.25, -0.2) is 0 Å². The first-order valence-electron chi connectivity index (χ1n) is 3.79. The number of rotatable bonds is 1. The summed E-state index contributed by atoms with van der Waals surface area (Å²) >= 11 is 0. The minimum absolute atomic E-state index is 0.402. The Hall–Kier alpha value is -0.610. The number of nitrogens with zero attached hydrogens (tertiary/aromatic N) is 1. The lowest BCUT2D eigenvalue weighted by Gasteiger charge is -2.30. The van der Waals surface area contributed by atoms with Gasteiger partial charge in [0, 0.05) is 6.54 Å². The molecular weight excluding hydrogens is 146 g/mol. The molecule has 1 rings (SSSR count). The van der Waals surface area contributed by atoms with Crippen molar-refractivity contribution < 1.29 is 15.1 Å². The summed E-state index contributed by atoms with van der Waals surface area (Å²) in [7, 11) is 0. The van der Waals surface area contributed by atoms with Gasteiger partial charge in [0.05, 0.1) is 0 Å². The lowest BCUT2D eigenvalue weighted by molar-refractivity contribution is -0.179. The lowest BCUT2D eigenvalue weighted by atomic mass is 9.94. The Labute approximate surface area is 65.4 Å². The highest BCUT2D eigenvalue weighted by Gasteiger charge is 2.30. The third kappa shape index (κ3) is 1.91. The number of carbonyl (C=O) groups is 1. The van der Waals surface area contributed by atoms with Gasteiger partial charge < -0.3 is 10.3 Å². The zero-order valence-corrected chi connectivity index (χ0v) is 6.53. The zero-order chi connectivity index (χ0) is 8.43. The molecule has 0 aliphatic carbocycles. The maximum atomic E-state index is 10.5. The van der Waals surface area contributed by atoms with Crippen LogP contribution in [-0.4, -0.2) is 33.9 Å². The van der Waals surface area contributed by atoms with Crippen molar-refractivity contribution in [3.63, 3.8) is 0 Å². The summed E-state index contributed by atoms with van der Waals surface area (Å²) in [4.78, 5) is 10.5. The molecule has 1 heterocycles. The van der Waals surface area contributed by atoms with E-state index >= 15 is 0 Å². The van der Waals surface area contributed by atoms with Crippen LogP contribution in [0.5, 0.6) is 0 Å². The highest BCUT2D eigenvalue weighted by Crippen LogP contribution is 2.20. The van der Waals surface area contributed by atoms with Crippen molar-refractivity contribution in [2.24, 2.45) is 5.92 Å². The summed E-state index contributed by atoms with van der Waals surface area (Å²) in [5, 5.41) is 18.7. The Bertz CT molecular complexity index is 160. The third-order valence-electron chi connectivity index (χ3n) is 2.12. The summed E-state index contributed by atoms with van der Waals surface area (Å²) in [6.07, 6.45) is 1.42. The van der Waals surface area contributed by atoms with Gasteiger partial charge in [0.1, 0.15) is 6.04 Å². The maximum absolute atomic E-state index is 10.5. The van der Waals surface area contributed by atoms with E-state index in [1.807, 2.05) is 6.92 Å². The topological polar surface area (TPSA) is 60.8 Å². The van der Waals surface area contributed by atoms with Gasteiger partial charge in [-0.15, -0.1) is 0 Å². The van der Waals surface area contributed by atoms with Crippen LogP contribution in [0.3, 0.4) is 0 Å². The third-order valence-corrected chi connectivity index (χ3v) is 2.12. The molecule has 2 N–H and O–H groups in total. The fraction of sp³-hybridized carbons (Fsp3) is 0.857. The fourth-order valence-electron chi connectivity index (χ4n) is 1.36. The summed E-state index contributed by atoms with van der Waals surface area (Å²) in [5.74, 6) is -0.529. The zero-order valence-electron chi connectivity index (χ0n) is 6.53. The summed E-state index contributed by atoms with van der Waals surface area (Å²) < 4.78 is 0. The first kappa shape index (κ1) is 8.49. The quantitative estimate of drug-likeness (QED) is 0.587. The van der Waals surface area contributed by atoms with Crippen molar-refractivity contribution in [1.82, 2.24) is 5.06 Å². The molecule has 0 unspecified atom stereocenters. The average molecular weight is 159 g/mol. The molecule has 2 atom stereocenters. The van der Waals surface area contributed by atoms with Crippen LogP contribution >= 0.6 is 0 Å². The van der Waals surface area contributed by atoms with E-state index in [9.17, 15) is 4.79 Å². The number of hydrogen-bond donors (Lipinski definition) is 2. The predicted octanol–water partition coefficient (Wildman–Crippen LogP) is 0.561. The second-order valence-electron chi connectivity index (χ2n) is 3.15. The van der Waals surface area contributed by atoms with E-state index < -0.39 is 12.0 Å². The van der Waals surface area contributed by atoms with E-state index in [2.05, 4.69) is 0 Å². The van der Waals surface area contributed by atoms with E-state index in [1.165, 1.54) is 0 Å². The van der Waals surface area contributed by atoms with Crippen molar-refractivity contribution in [1.29, 1.82) is 0 Å². The number of carboxylic acids is 1. The minimum Gasteiger partial charge on any atom is -0.480 e. The van der Waals surface area contributed by atoms with Gasteiger partial charge >= 0.3 is 5.97 Å². The molecule has 4 heteroatoms. The van der Waals surface area contributed by atoms with Crippen molar-refractivity contribution >= 4 is 5.97 Å². The van der Waals surface area contributed by atoms with E-state index in [4.69, 9.17) is 10.3 Å². The van der Waals surface area contributed by atoms with Crippen LogP contribution in [0, 0.1) is 5.92 Å². The Morgan fingerprint density at radius 3 is 2.73 bits per heavy atom. The van der Waals surface area contributed by atoms with Gasteiger partial charge in [-0.1, -0.05) is 6.92 Å². The average Bonchev–Trinajstić information content (AvgIpc) is 1.94. The summed E-state index contributed by atoms with van der Waals surface area (Å²) in [6.45, 7) is 2.47. The second kappa shape index (κ2) is 3.19. The van der Waals surface area contributed by atoms with E-state index in [0.29, 0.717) is 18.9 Å². The Morgan fingerprint density at radius 2 is 2.27 bits per heavy atom. The van der Waals surface area contributed by atoms with Crippen molar-refractivity contribution in [2.45, 2.75) is 25.8 Å². The van der Waals surface area contributed by atoms with Gasteiger partial charge in [-0.2, -0.15) is 5.06 Å². The maximum Gasteiger partial charge on any atom is 0.323 e. The Kier molecular flexibility index (Phi) is 2.46. The molecule has 0 bridgehead atoms. The van der Waals surface area contributed by atoms with Crippen molar-refractivity contribution in [3.8, 4) is 0 Å². The van der Waals surface area contributed by atoms with E-state index in [1.54, 1.807) is 0 Å². The van der Waals surface area contributed by atoms with Crippen molar-refractivity contribution in [3.05, 3.63) is 0 Å². The molecule has 1 aliphatic rings. The number of aliphatic carboxylic acids is 1. The normalized spacial score (nSPS) is 33.6. The largest absolute Gasteiger partial charge is 0.480 e. The first-order chi connectivity index (χ1) is 5.11. The van der Waals surface area contributed by atoms with Crippen molar-refractivity contribution in [2.75, 3.05) is 6.54 Å². The molecular formula is C7H13NO3. The number of carboxylic acid groups (broad SMARTS) is 1. The molecule has 4 nitrogen and oxygen atoms in total. The molecule has 1 saturated heterocycles. The molecule has 1 fully saturated rings. The van der Waals surface area contributed by atoms with Gasteiger partial charge in [0.25, 0.3) is 0 Å². The van der Waals surface area contributed by atoms with Gasteiger partial charge in [-0.05, 0) is 18.8 Å². The van der Waals surface area contributed by atoms with Crippen LogP contribution in [0.1, 0.15) is 19.8 Å². The van der Waals surface area contributed by atoms with Crippen LogP contribution in [-0.2, 0) is 4.79 Å². The highest BCUT2D eigenvalue weighted by molar-refractivity contribution is 5.73. The van der Waals surface area contributed by atoms with Crippen LogP contribution in [0.4, 0.5) is 0 Å². The second-order valence-corrected chi connectivity index (χ2v) is 3.15. The summed E-state index contributed by atoms with van der Waals surface area (Å²) in [5.41, 5.74) is 0. The van der Waals surface area contributed by atoms with Crippen LogP contribution in [0.2, 0.25) is 0 Å². The Balaban J connectivity index is 2.54. The molecule has 64 valence electrons. The molecule has 0 amide bonds. The number of hydrogen-bond acceptors (Lipinski definition) is 3. The van der Waals surface area contributed by atoms with Crippen LogP contribution in [0.25, 0.3) is 0 Å². The number of piperidine rings is 1. The molecule has 0 saturated carbocycles. The predicted molar refractivity (Wildman–Crippen MR) is 38.3 cm³/mol. The smallest absolute Gasteiger partial charge is 0.323 e. The standard InChI is InChI=1S/C7H13NO3/c1-5-2-3-8(11)6(4-5)7(9)10/h5-6,11H,2-4H2,1H3,(H,9,10)/t5-,6-/m1/s1. The molecule has 0 aromatic heterocycles. The van der Waals surface area contributed by atoms with E-state index in [0.717, 1.165) is 11.5 Å². The van der Waals surface area contributed by atoms with Gasteiger partial charge in [-0.3, -0.25) is 4.79 Å². The highest BCUT2D eigenvalue weighted by atomic mass is 16.5. The number of hydroxylamine groups is 2. The minimum atomic E-state index is -0.931. The molecule has 1 aliphatic heterocycles. The van der Waals surface area contributed by atoms with Gasteiger partial charge in [0.2, 0.25) is 0 Å². The summed E-state index contributed by atoms with van der Waals surface area (Å²) in [6, 6.07) is -0.696. The fourth-order valence-corrected chi connectivity index (χ4v) is 1.36. The SMILES string of the molecule is C[C@@H]1CCN(O)[C@@H](C(=O)O)C1. The van der Waals surface area contributed by atoms with Crippen LogP contribution in [0.15, 0.2) is 0 Å². The monoisotopic (exact) mass is 159 g/mol. The molecule has 0 aromatic carbocycles. The van der Waals surface area contributed by atoms with E-state index in [-0.39, 0.29) is 0 Å². The molecule has 0 spiro atoms. The van der Waals surface area contributed by atoms with Gasteiger partial charge in [0.15, 0.2) is 0 Å². The van der Waals surface area contributed by atoms with Crippen LogP contribution < -0.4 is 0 Å². The molecule has 0 aromatic rings. The molecule has 0 radical (unpaired) electrons.